The third-order valence-electron chi connectivity index (χ3n) is 5.08. The molecule has 2 atom stereocenters. The van der Waals surface area contributed by atoms with Crippen LogP contribution in [0.3, 0.4) is 0 Å². The summed E-state index contributed by atoms with van der Waals surface area (Å²) in [5, 5.41) is 12.6. The molecule has 0 spiro atoms. The molecule has 2 aromatic heterocycles. The van der Waals surface area contributed by atoms with Crippen LogP contribution in [0.2, 0.25) is 0 Å². The fourth-order valence-corrected chi connectivity index (χ4v) is 3.84. The number of nitriles is 1. The Labute approximate surface area is 143 Å². The van der Waals surface area contributed by atoms with Gasteiger partial charge in [-0.15, -0.1) is 0 Å². The summed E-state index contributed by atoms with van der Waals surface area (Å²) in [6, 6.07) is 4.58. The summed E-state index contributed by atoms with van der Waals surface area (Å²) < 4.78 is 4.01. The standard InChI is InChI=1S/C18H26N6/c1-22-6-4-5-15(18(22)17-11-21-13-24(17)3)10-20-9-14-7-16(8-19)23(2)12-14/h7,11-13,15,18,20H,4-6,9-10H2,1-3H3/t15-,18+/m0/s1. The molecule has 0 saturated carbocycles. The van der Waals surface area contributed by atoms with Crippen molar-refractivity contribution in [1.82, 2.24) is 24.3 Å². The Morgan fingerprint density at radius 3 is 2.83 bits per heavy atom. The minimum absolute atomic E-state index is 0.407. The monoisotopic (exact) mass is 326 g/mol. The van der Waals surface area contributed by atoms with Crippen LogP contribution >= 0.6 is 0 Å². The maximum atomic E-state index is 9.05. The number of rotatable bonds is 5. The summed E-state index contributed by atoms with van der Waals surface area (Å²) in [7, 11) is 6.19. The fourth-order valence-electron chi connectivity index (χ4n) is 3.84. The van der Waals surface area contributed by atoms with Crippen molar-refractivity contribution in [1.29, 1.82) is 5.26 Å². The molecule has 24 heavy (non-hydrogen) atoms. The first-order chi connectivity index (χ1) is 11.6. The minimum Gasteiger partial charge on any atom is -0.342 e. The van der Waals surface area contributed by atoms with E-state index in [-0.39, 0.29) is 0 Å². The van der Waals surface area contributed by atoms with E-state index in [2.05, 4.69) is 39.9 Å². The zero-order valence-electron chi connectivity index (χ0n) is 14.7. The Bertz CT molecular complexity index is 722. The second-order valence-electron chi connectivity index (χ2n) is 6.84. The summed E-state index contributed by atoms with van der Waals surface area (Å²) >= 11 is 0. The molecular weight excluding hydrogens is 300 g/mol. The Morgan fingerprint density at radius 2 is 2.17 bits per heavy atom. The van der Waals surface area contributed by atoms with Crippen LogP contribution in [-0.4, -0.2) is 39.2 Å². The van der Waals surface area contributed by atoms with Gasteiger partial charge in [-0.3, -0.25) is 4.90 Å². The zero-order chi connectivity index (χ0) is 17.1. The molecule has 0 radical (unpaired) electrons. The molecule has 0 amide bonds. The lowest BCUT2D eigenvalue weighted by atomic mass is 9.87. The average molecular weight is 326 g/mol. The number of aryl methyl sites for hydroxylation is 2. The van der Waals surface area contributed by atoms with E-state index in [4.69, 9.17) is 5.26 Å². The summed E-state index contributed by atoms with van der Waals surface area (Å²) in [5.41, 5.74) is 3.16. The molecule has 6 heteroatoms. The Hall–Kier alpha value is -2.10. The molecule has 2 aromatic rings. The SMILES string of the molecule is CN1CCC[C@@H](CNCc2cc(C#N)n(C)c2)[C@@H]1c1cncn1C. The van der Waals surface area contributed by atoms with Gasteiger partial charge in [-0.1, -0.05) is 0 Å². The maximum absolute atomic E-state index is 9.05. The summed E-state index contributed by atoms with van der Waals surface area (Å²) in [4.78, 5) is 6.75. The van der Waals surface area contributed by atoms with Gasteiger partial charge in [-0.25, -0.2) is 4.98 Å². The normalized spacial score (nSPS) is 21.8. The maximum Gasteiger partial charge on any atom is 0.120 e. The molecule has 1 fully saturated rings. The van der Waals surface area contributed by atoms with Crippen LogP contribution in [-0.2, 0) is 20.6 Å². The van der Waals surface area contributed by atoms with Gasteiger partial charge >= 0.3 is 0 Å². The molecule has 0 aromatic carbocycles. The van der Waals surface area contributed by atoms with E-state index in [9.17, 15) is 0 Å². The number of piperidine rings is 1. The van der Waals surface area contributed by atoms with Gasteiger partial charge in [0, 0.05) is 39.6 Å². The summed E-state index contributed by atoms with van der Waals surface area (Å²) in [5.74, 6) is 0.568. The molecule has 0 aliphatic carbocycles. The Morgan fingerprint density at radius 1 is 1.33 bits per heavy atom. The predicted octanol–water partition coefficient (Wildman–Crippen LogP) is 1.80. The van der Waals surface area contributed by atoms with Crippen LogP contribution in [0.25, 0.3) is 0 Å². The van der Waals surface area contributed by atoms with E-state index in [0.717, 1.165) is 25.2 Å². The molecule has 128 valence electrons. The lowest BCUT2D eigenvalue weighted by Crippen LogP contribution is -2.41. The Kier molecular flexibility index (Phi) is 5.03. The third-order valence-corrected chi connectivity index (χ3v) is 5.08. The third kappa shape index (κ3) is 3.37. The second kappa shape index (κ2) is 7.20. The minimum atomic E-state index is 0.407. The van der Waals surface area contributed by atoms with Crippen molar-refractivity contribution >= 4 is 0 Å². The van der Waals surface area contributed by atoms with Crippen LogP contribution < -0.4 is 5.32 Å². The first-order valence-corrected chi connectivity index (χ1v) is 8.52. The summed E-state index contributed by atoms with van der Waals surface area (Å²) in [6.07, 6.45) is 8.37. The number of nitrogens with one attached hydrogen (secondary N) is 1. The van der Waals surface area contributed by atoms with Crippen LogP contribution in [0.5, 0.6) is 0 Å². The predicted molar refractivity (Wildman–Crippen MR) is 93.1 cm³/mol. The van der Waals surface area contributed by atoms with Gasteiger partial charge in [-0.2, -0.15) is 5.26 Å². The van der Waals surface area contributed by atoms with Crippen molar-refractivity contribution in [3.05, 3.63) is 41.7 Å². The number of aromatic nitrogens is 3. The summed E-state index contributed by atoms with van der Waals surface area (Å²) in [6.45, 7) is 2.90. The lowest BCUT2D eigenvalue weighted by Gasteiger charge is -2.39. The van der Waals surface area contributed by atoms with Crippen molar-refractivity contribution in [2.75, 3.05) is 20.1 Å². The topological polar surface area (TPSA) is 61.8 Å². The quantitative estimate of drug-likeness (QED) is 0.910. The molecular formula is C18H26N6. The second-order valence-corrected chi connectivity index (χ2v) is 6.84. The Balaban J connectivity index is 1.64. The van der Waals surface area contributed by atoms with Gasteiger partial charge in [0.15, 0.2) is 0 Å². The van der Waals surface area contributed by atoms with Gasteiger partial charge < -0.3 is 14.5 Å². The lowest BCUT2D eigenvalue weighted by molar-refractivity contribution is 0.113. The van der Waals surface area contributed by atoms with Gasteiger partial charge in [0.1, 0.15) is 11.8 Å². The molecule has 3 heterocycles. The molecule has 0 bridgehead atoms. The van der Waals surface area contributed by atoms with E-state index in [1.807, 2.05) is 36.4 Å². The number of imidazole rings is 1. The highest BCUT2D eigenvalue weighted by Gasteiger charge is 2.31. The molecule has 1 N–H and O–H groups in total. The van der Waals surface area contributed by atoms with Crippen LogP contribution in [0.15, 0.2) is 24.8 Å². The average Bonchev–Trinajstić information content (AvgIpc) is 3.13. The smallest absolute Gasteiger partial charge is 0.120 e. The molecule has 1 saturated heterocycles. The molecule has 0 unspecified atom stereocenters. The van der Waals surface area contributed by atoms with E-state index in [1.165, 1.54) is 18.5 Å². The number of hydrogen-bond donors (Lipinski definition) is 1. The van der Waals surface area contributed by atoms with Crippen LogP contribution in [0.1, 0.15) is 35.8 Å². The van der Waals surface area contributed by atoms with Gasteiger partial charge in [-0.05, 0) is 44.0 Å². The van der Waals surface area contributed by atoms with Crippen molar-refractivity contribution < 1.29 is 0 Å². The molecule has 1 aliphatic heterocycles. The molecule has 1 aliphatic rings. The van der Waals surface area contributed by atoms with E-state index < -0.39 is 0 Å². The molecule has 6 nitrogen and oxygen atoms in total. The van der Waals surface area contributed by atoms with E-state index in [0.29, 0.717) is 17.7 Å². The highest BCUT2D eigenvalue weighted by molar-refractivity contribution is 5.28. The van der Waals surface area contributed by atoms with Crippen LogP contribution in [0.4, 0.5) is 0 Å². The first-order valence-electron chi connectivity index (χ1n) is 8.52. The van der Waals surface area contributed by atoms with Gasteiger partial charge in [0.2, 0.25) is 0 Å². The highest BCUT2D eigenvalue weighted by atomic mass is 15.2. The number of hydrogen-bond acceptors (Lipinski definition) is 4. The number of nitrogens with zero attached hydrogens (tertiary/aromatic N) is 5. The first kappa shape index (κ1) is 16.7. The van der Waals surface area contributed by atoms with Crippen molar-refractivity contribution in [3.8, 4) is 6.07 Å². The van der Waals surface area contributed by atoms with Crippen molar-refractivity contribution in [2.45, 2.75) is 25.4 Å². The van der Waals surface area contributed by atoms with Crippen LogP contribution in [0, 0.1) is 17.2 Å². The van der Waals surface area contributed by atoms with Crippen molar-refractivity contribution in [3.63, 3.8) is 0 Å². The number of likely N-dealkylation sites (tertiary alicyclic amines) is 1. The largest absolute Gasteiger partial charge is 0.342 e. The van der Waals surface area contributed by atoms with Crippen molar-refractivity contribution in [2.24, 2.45) is 20.0 Å². The zero-order valence-corrected chi connectivity index (χ0v) is 14.7. The van der Waals surface area contributed by atoms with E-state index >= 15 is 0 Å². The fraction of sp³-hybridized carbons (Fsp3) is 0.556. The highest BCUT2D eigenvalue weighted by Crippen LogP contribution is 2.34. The molecule has 3 rings (SSSR count). The van der Waals surface area contributed by atoms with Gasteiger partial charge in [0.05, 0.1) is 18.1 Å². The van der Waals surface area contributed by atoms with E-state index in [1.54, 1.807) is 0 Å². The van der Waals surface area contributed by atoms with Gasteiger partial charge in [0.25, 0.3) is 0 Å².